The third-order valence-electron chi connectivity index (χ3n) is 1.99. The first-order chi connectivity index (χ1) is 6.93. The van der Waals surface area contributed by atoms with E-state index in [4.69, 9.17) is 0 Å². The summed E-state index contributed by atoms with van der Waals surface area (Å²) >= 11 is 1.65. The molecule has 0 atom stereocenters. The molecule has 0 fully saturated rings. The second-order valence-corrected chi connectivity index (χ2v) is 3.96. The molecular formula is C10H7N3S. The number of aromatic nitrogens is 3. The van der Waals surface area contributed by atoms with E-state index in [2.05, 4.69) is 21.0 Å². The molecule has 0 aliphatic carbocycles. The molecule has 14 heavy (non-hydrogen) atoms. The van der Waals surface area contributed by atoms with Gasteiger partial charge in [0.15, 0.2) is 10.8 Å². The number of fused-ring (bicyclic) bond motifs is 1. The van der Waals surface area contributed by atoms with Crippen LogP contribution in [-0.2, 0) is 0 Å². The highest BCUT2D eigenvalue weighted by atomic mass is 32.1. The lowest BCUT2D eigenvalue weighted by Gasteiger charge is -1.84. The maximum Gasteiger partial charge on any atom is 0.166 e. The van der Waals surface area contributed by atoms with Gasteiger partial charge in [0.2, 0.25) is 0 Å². The summed E-state index contributed by atoms with van der Waals surface area (Å²) in [7, 11) is 0. The molecule has 0 spiro atoms. The van der Waals surface area contributed by atoms with Gasteiger partial charge in [0.05, 0.1) is 10.2 Å². The third kappa shape index (κ3) is 1.12. The van der Waals surface area contributed by atoms with Crippen LogP contribution in [-0.4, -0.2) is 15.0 Å². The molecule has 0 aliphatic heterocycles. The fraction of sp³-hybridized carbons (Fsp3) is 0. The van der Waals surface area contributed by atoms with Crippen molar-refractivity contribution in [3.8, 4) is 10.8 Å². The van der Waals surface area contributed by atoms with Gasteiger partial charge >= 0.3 is 0 Å². The van der Waals surface area contributed by atoms with E-state index in [9.17, 15) is 0 Å². The number of H-pyrrole nitrogens is 1. The molecule has 1 N–H and O–H groups in total. The lowest BCUT2D eigenvalue weighted by molar-refractivity contribution is 1.29. The first-order valence-corrected chi connectivity index (χ1v) is 5.10. The van der Waals surface area contributed by atoms with Crippen LogP contribution in [0.25, 0.3) is 21.0 Å². The molecule has 4 heteroatoms. The molecule has 68 valence electrons. The van der Waals surface area contributed by atoms with Crippen molar-refractivity contribution in [2.45, 2.75) is 0 Å². The Hall–Kier alpha value is -1.68. The highest BCUT2D eigenvalue weighted by molar-refractivity contribution is 7.21. The van der Waals surface area contributed by atoms with Crippen molar-refractivity contribution in [1.29, 1.82) is 0 Å². The molecule has 3 nitrogen and oxygen atoms in total. The number of benzene rings is 1. The Morgan fingerprint density at radius 1 is 1.21 bits per heavy atom. The topological polar surface area (TPSA) is 41.6 Å². The summed E-state index contributed by atoms with van der Waals surface area (Å²) in [4.78, 5) is 11.7. The van der Waals surface area contributed by atoms with E-state index in [1.807, 2.05) is 18.2 Å². The van der Waals surface area contributed by atoms with E-state index in [1.165, 1.54) is 4.70 Å². The lowest BCUT2D eigenvalue weighted by atomic mass is 10.3. The van der Waals surface area contributed by atoms with Gasteiger partial charge in [-0.15, -0.1) is 11.3 Å². The fourth-order valence-electron chi connectivity index (χ4n) is 1.36. The summed E-state index contributed by atoms with van der Waals surface area (Å²) in [5.74, 6) is 0.839. The molecule has 1 aromatic carbocycles. The number of imidazole rings is 1. The van der Waals surface area contributed by atoms with Gasteiger partial charge in [-0.3, -0.25) is 0 Å². The molecule has 0 amide bonds. The maximum absolute atomic E-state index is 4.48. The smallest absolute Gasteiger partial charge is 0.166 e. The van der Waals surface area contributed by atoms with Gasteiger partial charge in [-0.25, -0.2) is 9.97 Å². The molecule has 0 saturated heterocycles. The SMILES string of the molecule is c1ccc2sc(-c3ncc[nH]3)nc2c1. The Morgan fingerprint density at radius 3 is 2.93 bits per heavy atom. The maximum atomic E-state index is 4.48. The summed E-state index contributed by atoms with van der Waals surface area (Å²) in [5.41, 5.74) is 1.03. The zero-order valence-corrected chi connectivity index (χ0v) is 8.08. The minimum atomic E-state index is 0.839. The van der Waals surface area contributed by atoms with Gasteiger partial charge in [0, 0.05) is 12.4 Å². The molecule has 0 saturated carbocycles. The van der Waals surface area contributed by atoms with Crippen molar-refractivity contribution < 1.29 is 0 Å². The second kappa shape index (κ2) is 2.92. The van der Waals surface area contributed by atoms with Crippen molar-refractivity contribution in [3.63, 3.8) is 0 Å². The molecular weight excluding hydrogens is 194 g/mol. The van der Waals surface area contributed by atoms with Crippen LogP contribution in [0, 0.1) is 0 Å². The number of nitrogens with zero attached hydrogens (tertiary/aromatic N) is 2. The van der Waals surface area contributed by atoms with Crippen LogP contribution in [0.4, 0.5) is 0 Å². The van der Waals surface area contributed by atoms with E-state index < -0.39 is 0 Å². The summed E-state index contributed by atoms with van der Waals surface area (Å²) in [6.07, 6.45) is 3.54. The van der Waals surface area contributed by atoms with Crippen LogP contribution in [0.2, 0.25) is 0 Å². The Labute approximate surface area is 84.5 Å². The molecule has 0 aliphatic rings. The number of para-hydroxylation sites is 1. The number of nitrogens with one attached hydrogen (secondary N) is 1. The largest absolute Gasteiger partial charge is 0.343 e. The Bertz CT molecular complexity index is 521. The average Bonchev–Trinajstić information content (AvgIpc) is 2.86. The summed E-state index contributed by atoms with van der Waals surface area (Å²) < 4.78 is 1.19. The predicted octanol–water partition coefficient (Wildman–Crippen LogP) is 2.69. The zero-order chi connectivity index (χ0) is 9.38. The van der Waals surface area contributed by atoms with E-state index in [-0.39, 0.29) is 0 Å². The number of thiazole rings is 1. The highest BCUT2D eigenvalue weighted by Gasteiger charge is 2.06. The van der Waals surface area contributed by atoms with Crippen LogP contribution in [0.15, 0.2) is 36.7 Å². The third-order valence-corrected chi connectivity index (χ3v) is 3.04. The molecule has 3 rings (SSSR count). The van der Waals surface area contributed by atoms with E-state index >= 15 is 0 Å². The number of rotatable bonds is 1. The standard InChI is InChI=1S/C10H7N3S/c1-2-4-8-7(3-1)13-10(14-8)9-11-5-6-12-9/h1-6H,(H,11,12). The average molecular weight is 201 g/mol. The van der Waals surface area contributed by atoms with Crippen LogP contribution < -0.4 is 0 Å². The Morgan fingerprint density at radius 2 is 2.14 bits per heavy atom. The van der Waals surface area contributed by atoms with Crippen LogP contribution in [0.5, 0.6) is 0 Å². The van der Waals surface area contributed by atoms with Crippen molar-refractivity contribution in [2.24, 2.45) is 0 Å². The molecule has 3 aromatic rings. The molecule has 0 unspecified atom stereocenters. The first kappa shape index (κ1) is 7.70. The van der Waals surface area contributed by atoms with Crippen LogP contribution in [0.1, 0.15) is 0 Å². The molecule has 0 bridgehead atoms. The van der Waals surface area contributed by atoms with Crippen molar-refractivity contribution in [1.82, 2.24) is 15.0 Å². The van der Waals surface area contributed by atoms with Gasteiger partial charge in [-0.2, -0.15) is 0 Å². The zero-order valence-electron chi connectivity index (χ0n) is 7.27. The molecule has 2 heterocycles. The van der Waals surface area contributed by atoms with Gasteiger partial charge < -0.3 is 4.98 Å². The van der Waals surface area contributed by atoms with E-state index in [0.29, 0.717) is 0 Å². The predicted molar refractivity (Wildman–Crippen MR) is 57.2 cm³/mol. The monoisotopic (exact) mass is 201 g/mol. The first-order valence-electron chi connectivity index (χ1n) is 4.29. The Balaban J connectivity index is 2.24. The fourth-order valence-corrected chi connectivity index (χ4v) is 2.28. The van der Waals surface area contributed by atoms with Crippen molar-refractivity contribution >= 4 is 21.6 Å². The Kier molecular flexibility index (Phi) is 1.61. The van der Waals surface area contributed by atoms with Crippen molar-refractivity contribution in [2.75, 3.05) is 0 Å². The van der Waals surface area contributed by atoms with Crippen LogP contribution >= 0.6 is 11.3 Å². The molecule has 0 radical (unpaired) electrons. The van der Waals surface area contributed by atoms with Gasteiger partial charge in [-0.05, 0) is 12.1 Å². The second-order valence-electron chi connectivity index (χ2n) is 2.92. The minimum absolute atomic E-state index is 0.839. The van der Waals surface area contributed by atoms with Crippen molar-refractivity contribution in [3.05, 3.63) is 36.7 Å². The quantitative estimate of drug-likeness (QED) is 0.657. The summed E-state index contributed by atoms with van der Waals surface area (Å²) in [6.45, 7) is 0. The minimum Gasteiger partial charge on any atom is -0.343 e. The van der Waals surface area contributed by atoms with Gasteiger partial charge in [0.1, 0.15) is 0 Å². The number of hydrogen-bond acceptors (Lipinski definition) is 3. The number of aromatic amines is 1. The summed E-state index contributed by atoms with van der Waals surface area (Å²) in [6, 6.07) is 8.10. The van der Waals surface area contributed by atoms with Gasteiger partial charge in [-0.1, -0.05) is 12.1 Å². The van der Waals surface area contributed by atoms with Crippen LogP contribution in [0.3, 0.4) is 0 Å². The highest BCUT2D eigenvalue weighted by Crippen LogP contribution is 2.27. The normalized spacial score (nSPS) is 10.9. The summed E-state index contributed by atoms with van der Waals surface area (Å²) in [5, 5.41) is 0.941. The van der Waals surface area contributed by atoms with E-state index in [0.717, 1.165) is 16.3 Å². The number of hydrogen-bond donors (Lipinski definition) is 1. The molecule has 2 aromatic heterocycles. The van der Waals surface area contributed by atoms with E-state index in [1.54, 1.807) is 23.7 Å². The lowest BCUT2D eigenvalue weighted by Crippen LogP contribution is -1.76. The van der Waals surface area contributed by atoms with Gasteiger partial charge in [0.25, 0.3) is 0 Å².